The van der Waals surface area contributed by atoms with Crippen LogP contribution in [0.5, 0.6) is 5.88 Å². The first-order valence-corrected chi connectivity index (χ1v) is 9.70. The minimum Gasteiger partial charge on any atom is -0.476 e. The number of piperidine rings is 1. The Morgan fingerprint density at radius 1 is 1.14 bits per heavy atom. The Morgan fingerprint density at radius 2 is 1.96 bits per heavy atom. The van der Waals surface area contributed by atoms with E-state index in [-0.39, 0.29) is 6.03 Å². The maximum absolute atomic E-state index is 12.4. The number of hydrogen-bond acceptors (Lipinski definition) is 6. The maximum Gasteiger partial charge on any atom is 0.324 e. The number of hydrogen-bond donors (Lipinski definition) is 3. The summed E-state index contributed by atoms with van der Waals surface area (Å²) < 4.78 is 5.72. The molecule has 0 aliphatic carbocycles. The van der Waals surface area contributed by atoms with Gasteiger partial charge in [0.2, 0.25) is 11.8 Å². The van der Waals surface area contributed by atoms with E-state index < -0.39 is 0 Å². The van der Waals surface area contributed by atoms with Gasteiger partial charge in [-0.15, -0.1) is 0 Å². The number of urea groups is 1. The molecule has 1 saturated heterocycles. The lowest BCUT2D eigenvalue weighted by Gasteiger charge is -2.27. The van der Waals surface area contributed by atoms with E-state index in [1.165, 1.54) is 6.42 Å². The van der Waals surface area contributed by atoms with Gasteiger partial charge in [-0.3, -0.25) is 5.32 Å². The van der Waals surface area contributed by atoms with E-state index >= 15 is 0 Å². The number of nitrogens with zero attached hydrogens (tertiary/aromatic N) is 3. The molecule has 28 heavy (non-hydrogen) atoms. The van der Waals surface area contributed by atoms with Crippen molar-refractivity contribution in [3.05, 3.63) is 35.9 Å². The molecule has 150 valence electrons. The molecule has 1 fully saturated rings. The van der Waals surface area contributed by atoms with Crippen LogP contribution in [-0.4, -0.2) is 49.3 Å². The molecular formula is C20H28N6O2. The summed E-state index contributed by atoms with van der Waals surface area (Å²) in [7, 11) is 1.87. The molecule has 0 saturated carbocycles. The Kier molecular flexibility index (Phi) is 7.02. The predicted octanol–water partition coefficient (Wildman–Crippen LogP) is 3.02. The zero-order valence-electron chi connectivity index (χ0n) is 16.5. The summed E-state index contributed by atoms with van der Waals surface area (Å²) in [5, 5.41) is 8.66. The number of carbonyl (C=O) groups is 1. The molecule has 3 rings (SSSR count). The molecule has 2 aromatic rings. The maximum atomic E-state index is 12.4. The number of rotatable bonds is 7. The molecule has 2 amide bonds. The third-order valence-electron chi connectivity index (χ3n) is 4.45. The van der Waals surface area contributed by atoms with Gasteiger partial charge >= 0.3 is 6.03 Å². The second-order valence-electron chi connectivity index (χ2n) is 6.84. The molecule has 8 heteroatoms. The summed E-state index contributed by atoms with van der Waals surface area (Å²) in [5.74, 6) is 1.46. The van der Waals surface area contributed by atoms with Crippen LogP contribution in [-0.2, 0) is 0 Å². The molecule has 2 heterocycles. The van der Waals surface area contributed by atoms with Crippen LogP contribution in [0, 0.1) is 6.92 Å². The van der Waals surface area contributed by atoms with Crippen LogP contribution in [0.4, 0.5) is 22.2 Å². The SMILES string of the molecule is CNCCOc1cc(NC(=O)Nc2cccc(C)c2)nc(N2CCCCC2)n1. The Bertz CT molecular complexity index is 792. The number of carbonyl (C=O) groups excluding carboxylic acids is 1. The Hall–Kier alpha value is -2.87. The van der Waals surface area contributed by atoms with Gasteiger partial charge in [-0.2, -0.15) is 9.97 Å². The summed E-state index contributed by atoms with van der Waals surface area (Å²) in [5.41, 5.74) is 1.81. The van der Waals surface area contributed by atoms with Crippen molar-refractivity contribution in [2.75, 3.05) is 48.8 Å². The average Bonchev–Trinajstić information content (AvgIpc) is 2.68. The van der Waals surface area contributed by atoms with E-state index in [2.05, 4.69) is 30.8 Å². The van der Waals surface area contributed by atoms with Crippen LogP contribution in [0.2, 0.25) is 0 Å². The second-order valence-corrected chi connectivity index (χ2v) is 6.84. The zero-order chi connectivity index (χ0) is 19.8. The highest BCUT2D eigenvalue weighted by atomic mass is 16.5. The van der Waals surface area contributed by atoms with Crippen LogP contribution in [0.15, 0.2) is 30.3 Å². The Morgan fingerprint density at radius 3 is 2.71 bits per heavy atom. The molecule has 0 bridgehead atoms. The van der Waals surface area contributed by atoms with Gasteiger partial charge in [0.05, 0.1) is 0 Å². The van der Waals surface area contributed by atoms with Gasteiger partial charge < -0.3 is 20.3 Å². The highest BCUT2D eigenvalue weighted by Gasteiger charge is 2.17. The van der Waals surface area contributed by atoms with Crippen LogP contribution >= 0.6 is 0 Å². The molecular weight excluding hydrogens is 356 g/mol. The quantitative estimate of drug-likeness (QED) is 0.636. The van der Waals surface area contributed by atoms with Crippen molar-refractivity contribution < 1.29 is 9.53 Å². The molecule has 8 nitrogen and oxygen atoms in total. The molecule has 1 aromatic heterocycles. The first-order chi connectivity index (χ1) is 13.6. The Balaban J connectivity index is 1.73. The lowest BCUT2D eigenvalue weighted by molar-refractivity contribution is 0.262. The molecule has 0 atom stereocenters. The van der Waals surface area contributed by atoms with Gasteiger partial charge in [0.15, 0.2) is 0 Å². The molecule has 0 unspecified atom stereocenters. The average molecular weight is 384 g/mol. The highest BCUT2D eigenvalue weighted by molar-refractivity contribution is 5.99. The summed E-state index contributed by atoms with van der Waals surface area (Å²) >= 11 is 0. The number of ether oxygens (including phenoxy) is 1. The number of likely N-dealkylation sites (N-methyl/N-ethyl adjacent to an activating group) is 1. The fourth-order valence-corrected chi connectivity index (χ4v) is 3.05. The fourth-order valence-electron chi connectivity index (χ4n) is 3.05. The van der Waals surface area contributed by atoms with E-state index in [1.54, 1.807) is 6.07 Å². The van der Waals surface area contributed by atoms with Crippen LogP contribution in [0.3, 0.4) is 0 Å². The van der Waals surface area contributed by atoms with Crippen molar-refractivity contribution in [3.8, 4) is 5.88 Å². The minimum absolute atomic E-state index is 0.352. The number of anilines is 3. The monoisotopic (exact) mass is 384 g/mol. The van der Waals surface area contributed by atoms with Gasteiger partial charge in [0.1, 0.15) is 12.4 Å². The molecule has 0 radical (unpaired) electrons. The highest BCUT2D eigenvalue weighted by Crippen LogP contribution is 2.22. The largest absolute Gasteiger partial charge is 0.476 e. The summed E-state index contributed by atoms with van der Waals surface area (Å²) in [4.78, 5) is 23.6. The standard InChI is InChI=1S/C20H28N6O2/c1-15-7-6-8-16(13-15)22-20(27)24-17-14-18(28-12-9-21-2)25-19(23-17)26-10-4-3-5-11-26/h6-8,13-14,21H,3-5,9-12H2,1-2H3,(H2,22,23,24,25,27). The predicted molar refractivity (Wildman–Crippen MR) is 111 cm³/mol. The van der Waals surface area contributed by atoms with E-state index in [9.17, 15) is 4.79 Å². The van der Waals surface area contributed by atoms with Gasteiger partial charge in [0.25, 0.3) is 0 Å². The van der Waals surface area contributed by atoms with Gasteiger partial charge in [-0.05, 0) is 50.9 Å². The first kappa shape index (κ1) is 19.9. The molecule has 0 spiro atoms. The van der Waals surface area contributed by atoms with Crippen molar-refractivity contribution >= 4 is 23.5 Å². The van der Waals surface area contributed by atoms with Gasteiger partial charge in [0, 0.05) is 31.4 Å². The number of amides is 2. The lowest BCUT2D eigenvalue weighted by atomic mass is 10.1. The number of aromatic nitrogens is 2. The van der Waals surface area contributed by atoms with E-state index in [1.807, 2.05) is 38.2 Å². The van der Waals surface area contributed by atoms with Crippen molar-refractivity contribution in [2.45, 2.75) is 26.2 Å². The first-order valence-electron chi connectivity index (χ1n) is 9.70. The smallest absolute Gasteiger partial charge is 0.324 e. The van der Waals surface area contributed by atoms with E-state index in [0.717, 1.165) is 37.2 Å². The van der Waals surface area contributed by atoms with E-state index in [4.69, 9.17) is 4.74 Å². The number of benzene rings is 1. The number of aryl methyl sites for hydroxylation is 1. The van der Waals surface area contributed by atoms with Crippen LogP contribution in [0.25, 0.3) is 0 Å². The van der Waals surface area contributed by atoms with Gasteiger partial charge in [-0.1, -0.05) is 12.1 Å². The summed E-state index contributed by atoms with van der Waals surface area (Å²) in [6.07, 6.45) is 3.45. The summed E-state index contributed by atoms with van der Waals surface area (Å²) in [6.45, 7) is 5.00. The molecule has 1 aliphatic heterocycles. The molecule has 1 aliphatic rings. The molecule has 1 aromatic carbocycles. The van der Waals surface area contributed by atoms with Crippen LogP contribution < -0.4 is 25.6 Å². The lowest BCUT2D eigenvalue weighted by Crippen LogP contribution is -2.31. The number of nitrogens with one attached hydrogen (secondary N) is 3. The third kappa shape index (κ3) is 5.82. The van der Waals surface area contributed by atoms with Crippen LogP contribution in [0.1, 0.15) is 24.8 Å². The topological polar surface area (TPSA) is 91.4 Å². The molecule has 3 N–H and O–H groups in total. The fraction of sp³-hybridized carbons (Fsp3) is 0.450. The van der Waals surface area contributed by atoms with Crippen molar-refractivity contribution in [1.29, 1.82) is 0 Å². The third-order valence-corrected chi connectivity index (χ3v) is 4.45. The second kappa shape index (κ2) is 9.89. The Labute approximate surface area is 165 Å². The van der Waals surface area contributed by atoms with Gasteiger partial charge in [-0.25, -0.2) is 4.79 Å². The van der Waals surface area contributed by atoms with E-state index in [0.29, 0.717) is 30.8 Å². The minimum atomic E-state index is -0.352. The zero-order valence-corrected chi connectivity index (χ0v) is 16.5. The van der Waals surface area contributed by atoms with Crippen molar-refractivity contribution in [1.82, 2.24) is 15.3 Å². The normalized spacial score (nSPS) is 13.9. The van der Waals surface area contributed by atoms with Crippen molar-refractivity contribution in [2.24, 2.45) is 0 Å². The summed E-state index contributed by atoms with van der Waals surface area (Å²) in [6, 6.07) is 8.93. The van der Waals surface area contributed by atoms with Crippen molar-refractivity contribution in [3.63, 3.8) is 0 Å².